The van der Waals surface area contributed by atoms with Gasteiger partial charge < -0.3 is 9.80 Å². The zero-order chi connectivity index (χ0) is 22.1. The second kappa shape index (κ2) is 8.67. The molecular formula is C22H33N3O4S. The van der Waals surface area contributed by atoms with E-state index in [9.17, 15) is 18.0 Å². The van der Waals surface area contributed by atoms with Crippen LogP contribution in [0.15, 0.2) is 29.2 Å². The molecule has 2 saturated heterocycles. The van der Waals surface area contributed by atoms with Crippen molar-refractivity contribution in [2.45, 2.75) is 57.9 Å². The van der Waals surface area contributed by atoms with Crippen molar-refractivity contribution in [3.05, 3.63) is 29.8 Å². The minimum absolute atomic E-state index is 0.0310. The van der Waals surface area contributed by atoms with E-state index in [4.69, 9.17) is 0 Å². The predicted octanol–water partition coefficient (Wildman–Crippen LogP) is 2.58. The molecule has 166 valence electrons. The number of carbonyl (C=O) groups is 2. The molecule has 2 aliphatic heterocycles. The highest BCUT2D eigenvalue weighted by atomic mass is 32.2. The Hall–Kier alpha value is -1.93. The van der Waals surface area contributed by atoms with Gasteiger partial charge >= 0.3 is 0 Å². The van der Waals surface area contributed by atoms with Crippen molar-refractivity contribution < 1.29 is 18.0 Å². The van der Waals surface area contributed by atoms with Gasteiger partial charge in [-0.15, -0.1) is 0 Å². The normalized spacial score (nSPS) is 21.5. The van der Waals surface area contributed by atoms with Gasteiger partial charge in [0.1, 0.15) is 0 Å². The van der Waals surface area contributed by atoms with Crippen molar-refractivity contribution in [2.75, 3.05) is 32.7 Å². The quantitative estimate of drug-likeness (QED) is 0.731. The van der Waals surface area contributed by atoms with E-state index >= 15 is 0 Å². The molecule has 0 spiro atoms. The van der Waals surface area contributed by atoms with E-state index in [1.807, 2.05) is 27.7 Å². The van der Waals surface area contributed by atoms with E-state index in [-0.39, 0.29) is 22.8 Å². The van der Waals surface area contributed by atoms with Crippen LogP contribution in [0.4, 0.5) is 0 Å². The number of amides is 2. The predicted molar refractivity (Wildman–Crippen MR) is 116 cm³/mol. The molecule has 1 unspecified atom stereocenters. The molecule has 2 aliphatic rings. The first-order chi connectivity index (χ1) is 14.0. The third kappa shape index (κ3) is 4.70. The highest BCUT2D eigenvalue weighted by molar-refractivity contribution is 7.89. The summed E-state index contributed by atoms with van der Waals surface area (Å²) >= 11 is 0. The Bertz CT molecular complexity index is 899. The summed E-state index contributed by atoms with van der Waals surface area (Å²) in [5, 5.41) is 0. The molecule has 2 amide bonds. The van der Waals surface area contributed by atoms with Crippen LogP contribution in [-0.4, -0.2) is 73.1 Å². The summed E-state index contributed by atoms with van der Waals surface area (Å²) in [5.74, 6) is -0.111. The molecule has 0 N–H and O–H groups in total. The molecule has 0 bridgehead atoms. The average molecular weight is 436 g/mol. The van der Waals surface area contributed by atoms with E-state index in [1.165, 1.54) is 6.07 Å². The molecule has 1 atom stereocenters. The van der Waals surface area contributed by atoms with Gasteiger partial charge in [0.15, 0.2) is 0 Å². The molecular weight excluding hydrogens is 402 g/mol. The van der Waals surface area contributed by atoms with Crippen LogP contribution in [0.5, 0.6) is 0 Å². The van der Waals surface area contributed by atoms with Gasteiger partial charge in [0.05, 0.1) is 4.90 Å². The lowest BCUT2D eigenvalue weighted by Crippen LogP contribution is -2.53. The lowest BCUT2D eigenvalue weighted by atomic mass is 9.94. The van der Waals surface area contributed by atoms with Gasteiger partial charge in [-0.25, -0.2) is 8.42 Å². The number of hydrogen-bond donors (Lipinski definition) is 0. The number of piperidine rings is 1. The highest BCUT2D eigenvalue weighted by Crippen LogP contribution is 2.26. The molecule has 3 rings (SSSR count). The SMILES string of the molecule is CC1CCCCN1S(=O)(=O)c1cccc(C(=O)N2CCN(C(=O)C(C)(C)C)CC2)c1. The van der Waals surface area contributed by atoms with Crippen LogP contribution >= 0.6 is 0 Å². The fraction of sp³-hybridized carbons (Fsp3) is 0.636. The fourth-order valence-electron chi connectivity index (χ4n) is 4.12. The molecule has 2 fully saturated rings. The van der Waals surface area contributed by atoms with Crippen molar-refractivity contribution in [1.82, 2.24) is 14.1 Å². The molecule has 2 heterocycles. The summed E-state index contributed by atoms with van der Waals surface area (Å²) in [4.78, 5) is 29.1. The van der Waals surface area contributed by atoms with Crippen LogP contribution in [0.25, 0.3) is 0 Å². The van der Waals surface area contributed by atoms with Crippen molar-refractivity contribution in [2.24, 2.45) is 5.41 Å². The van der Waals surface area contributed by atoms with E-state index in [1.54, 1.807) is 32.3 Å². The molecule has 0 aliphatic carbocycles. The smallest absolute Gasteiger partial charge is 0.254 e. The molecule has 7 nitrogen and oxygen atoms in total. The van der Waals surface area contributed by atoms with Gasteiger partial charge in [0.25, 0.3) is 5.91 Å². The summed E-state index contributed by atoms with van der Waals surface area (Å²) < 4.78 is 27.8. The number of nitrogens with zero attached hydrogens (tertiary/aromatic N) is 3. The Kier molecular flexibility index (Phi) is 6.57. The Morgan fingerprint density at radius 1 is 0.967 bits per heavy atom. The largest absolute Gasteiger partial charge is 0.339 e. The van der Waals surface area contributed by atoms with Crippen molar-refractivity contribution in [3.8, 4) is 0 Å². The minimum atomic E-state index is -3.62. The summed E-state index contributed by atoms with van der Waals surface area (Å²) in [5.41, 5.74) is -0.0724. The molecule has 0 saturated carbocycles. The van der Waals surface area contributed by atoms with E-state index in [0.29, 0.717) is 38.3 Å². The highest BCUT2D eigenvalue weighted by Gasteiger charge is 2.33. The second-order valence-electron chi connectivity index (χ2n) is 9.32. The minimum Gasteiger partial charge on any atom is -0.339 e. The van der Waals surface area contributed by atoms with Gasteiger partial charge in [-0.05, 0) is 38.0 Å². The first-order valence-corrected chi connectivity index (χ1v) is 12.2. The molecule has 1 aromatic rings. The van der Waals surface area contributed by atoms with Crippen LogP contribution in [0.3, 0.4) is 0 Å². The summed E-state index contributed by atoms with van der Waals surface area (Å²) in [6.45, 7) is 10.00. The van der Waals surface area contributed by atoms with Crippen molar-refractivity contribution >= 4 is 21.8 Å². The van der Waals surface area contributed by atoms with Gasteiger partial charge in [-0.1, -0.05) is 33.3 Å². The summed E-state index contributed by atoms with van der Waals surface area (Å²) in [7, 11) is -3.62. The Labute approximate surface area is 180 Å². The molecule has 0 aromatic heterocycles. The maximum atomic E-state index is 13.1. The molecule has 8 heteroatoms. The number of carbonyl (C=O) groups excluding carboxylic acids is 2. The van der Waals surface area contributed by atoms with Gasteiger partial charge in [-0.2, -0.15) is 4.31 Å². The van der Waals surface area contributed by atoms with Crippen LogP contribution in [0, 0.1) is 5.41 Å². The van der Waals surface area contributed by atoms with Gasteiger partial charge in [0, 0.05) is 49.7 Å². The molecule has 1 aromatic carbocycles. The van der Waals surface area contributed by atoms with E-state index < -0.39 is 15.4 Å². The Balaban J connectivity index is 1.72. The number of sulfonamides is 1. The monoisotopic (exact) mass is 435 g/mol. The van der Waals surface area contributed by atoms with Gasteiger partial charge in [-0.3, -0.25) is 9.59 Å². The van der Waals surface area contributed by atoms with Crippen LogP contribution in [0.2, 0.25) is 0 Å². The maximum Gasteiger partial charge on any atom is 0.254 e. The standard InChI is InChI=1S/C22H33N3O4S/c1-17-8-5-6-11-25(17)30(28,29)19-10-7-9-18(16-19)20(26)23-12-14-24(15-13-23)21(27)22(2,3)4/h7,9-10,16-17H,5-6,8,11-15H2,1-4H3. The zero-order valence-electron chi connectivity index (χ0n) is 18.4. The van der Waals surface area contributed by atoms with E-state index in [0.717, 1.165) is 19.3 Å². The third-order valence-electron chi connectivity index (χ3n) is 5.93. The Morgan fingerprint density at radius 3 is 2.20 bits per heavy atom. The number of piperazine rings is 1. The fourth-order valence-corrected chi connectivity index (χ4v) is 5.87. The van der Waals surface area contributed by atoms with Crippen molar-refractivity contribution in [3.63, 3.8) is 0 Å². The van der Waals surface area contributed by atoms with Crippen LogP contribution in [0.1, 0.15) is 57.3 Å². The second-order valence-corrected chi connectivity index (χ2v) is 11.2. The zero-order valence-corrected chi connectivity index (χ0v) is 19.2. The summed E-state index contributed by atoms with van der Waals surface area (Å²) in [6, 6.07) is 6.32. The van der Waals surface area contributed by atoms with Gasteiger partial charge in [0.2, 0.25) is 15.9 Å². The number of rotatable bonds is 3. The number of hydrogen-bond acceptors (Lipinski definition) is 4. The number of benzene rings is 1. The first-order valence-electron chi connectivity index (χ1n) is 10.7. The topological polar surface area (TPSA) is 78.0 Å². The molecule has 30 heavy (non-hydrogen) atoms. The summed E-state index contributed by atoms with van der Waals surface area (Å²) in [6.07, 6.45) is 2.75. The van der Waals surface area contributed by atoms with Crippen LogP contribution < -0.4 is 0 Å². The average Bonchev–Trinajstić information content (AvgIpc) is 2.72. The third-order valence-corrected chi connectivity index (χ3v) is 7.93. The van der Waals surface area contributed by atoms with Crippen LogP contribution in [-0.2, 0) is 14.8 Å². The Morgan fingerprint density at radius 2 is 1.60 bits per heavy atom. The lowest BCUT2D eigenvalue weighted by molar-refractivity contribution is -0.140. The first kappa shape index (κ1) is 22.7. The van der Waals surface area contributed by atoms with Crippen molar-refractivity contribution in [1.29, 1.82) is 0 Å². The maximum absolute atomic E-state index is 13.1. The molecule has 0 radical (unpaired) electrons. The van der Waals surface area contributed by atoms with E-state index in [2.05, 4.69) is 0 Å². The lowest BCUT2D eigenvalue weighted by Gasteiger charge is -2.37.